The highest BCUT2D eigenvalue weighted by molar-refractivity contribution is 6.06. The maximum atomic E-state index is 6.40. The fourth-order valence-electron chi connectivity index (χ4n) is 8.47. The van der Waals surface area contributed by atoms with Crippen LogP contribution >= 0.6 is 0 Å². The van der Waals surface area contributed by atoms with Crippen LogP contribution in [-0.4, -0.2) is 0 Å². The van der Waals surface area contributed by atoms with Crippen molar-refractivity contribution in [3.8, 4) is 33.4 Å². The largest absolute Gasteiger partial charge is 0.456 e. The zero-order valence-corrected chi connectivity index (χ0v) is 28.6. The van der Waals surface area contributed by atoms with Crippen LogP contribution < -0.4 is 4.90 Å². The number of hydrogen-bond acceptors (Lipinski definition) is 2. The molecule has 0 aliphatic heterocycles. The molecule has 8 aromatic carbocycles. The summed E-state index contributed by atoms with van der Waals surface area (Å²) in [5.74, 6) is 0. The molecule has 0 bridgehead atoms. The third-order valence-electron chi connectivity index (χ3n) is 10.8. The Labute approximate surface area is 297 Å². The normalized spacial score (nSPS) is 13.1. The molecule has 0 fully saturated rings. The zero-order valence-electron chi connectivity index (χ0n) is 28.6. The maximum absolute atomic E-state index is 6.40. The molecule has 51 heavy (non-hydrogen) atoms. The second-order valence-electron chi connectivity index (χ2n) is 14.1. The van der Waals surface area contributed by atoms with Crippen molar-refractivity contribution in [3.63, 3.8) is 0 Å². The first-order valence-corrected chi connectivity index (χ1v) is 17.7. The highest BCUT2D eigenvalue weighted by Crippen LogP contribution is 2.52. The lowest BCUT2D eigenvalue weighted by Crippen LogP contribution is -2.16. The predicted octanol–water partition coefficient (Wildman–Crippen LogP) is 13.8. The predicted molar refractivity (Wildman–Crippen MR) is 214 cm³/mol. The summed E-state index contributed by atoms with van der Waals surface area (Å²) in [6.45, 7) is 4.71. The third-order valence-corrected chi connectivity index (χ3v) is 10.8. The van der Waals surface area contributed by atoms with Crippen LogP contribution in [0.2, 0.25) is 0 Å². The number of furan rings is 1. The number of fused-ring (bicyclic) bond motifs is 7. The maximum Gasteiger partial charge on any atom is 0.137 e. The summed E-state index contributed by atoms with van der Waals surface area (Å²) in [5, 5.41) is 4.74. The minimum Gasteiger partial charge on any atom is -0.456 e. The molecule has 1 aliphatic carbocycles. The molecule has 2 heteroatoms. The molecule has 0 radical (unpaired) electrons. The molecule has 9 aromatic rings. The van der Waals surface area contributed by atoms with Crippen molar-refractivity contribution >= 4 is 49.8 Å². The van der Waals surface area contributed by atoms with Gasteiger partial charge < -0.3 is 9.32 Å². The molecule has 0 saturated heterocycles. The van der Waals surface area contributed by atoms with Crippen molar-refractivity contribution in [1.82, 2.24) is 0 Å². The molecule has 1 aromatic heterocycles. The first-order valence-electron chi connectivity index (χ1n) is 17.7. The van der Waals surface area contributed by atoms with Gasteiger partial charge in [0.15, 0.2) is 0 Å². The Hall–Kier alpha value is -6.38. The second kappa shape index (κ2) is 11.3. The van der Waals surface area contributed by atoms with Crippen LogP contribution in [0.25, 0.3) is 66.1 Å². The lowest BCUT2D eigenvalue weighted by molar-refractivity contribution is 0.662. The standard InChI is InChI=1S/C49H35NO/c1-49(2)45-22-7-5-17-41(45)44-21-11-20-40(48(44)49)33-24-26-35(27-25-33)50(37-28-29-43-42-18-6-8-23-46(42)51-47(43)31-37)36-15-9-14-34(30-36)39-19-10-13-32-12-3-4-16-38(32)39/h3-31H,1-2H3. The Morgan fingerprint density at radius 3 is 1.94 bits per heavy atom. The molecule has 0 saturated carbocycles. The molecule has 1 heterocycles. The molecule has 0 atom stereocenters. The van der Waals surface area contributed by atoms with Gasteiger partial charge in [-0.15, -0.1) is 0 Å². The smallest absolute Gasteiger partial charge is 0.137 e. The monoisotopic (exact) mass is 653 g/mol. The fraction of sp³-hybridized carbons (Fsp3) is 0.0612. The van der Waals surface area contributed by atoms with Crippen molar-refractivity contribution < 1.29 is 4.42 Å². The van der Waals surface area contributed by atoms with Crippen LogP contribution in [0.1, 0.15) is 25.0 Å². The lowest BCUT2D eigenvalue weighted by atomic mass is 9.79. The highest BCUT2D eigenvalue weighted by Gasteiger charge is 2.37. The Balaban J connectivity index is 1.12. The van der Waals surface area contributed by atoms with Crippen LogP contribution in [0.3, 0.4) is 0 Å². The summed E-state index contributed by atoms with van der Waals surface area (Å²) >= 11 is 0. The Kier molecular flexibility index (Phi) is 6.56. The molecule has 10 rings (SSSR count). The first-order chi connectivity index (χ1) is 25.0. The van der Waals surface area contributed by atoms with Crippen molar-refractivity contribution in [2.45, 2.75) is 19.3 Å². The number of hydrogen-bond donors (Lipinski definition) is 0. The van der Waals surface area contributed by atoms with E-state index in [1.165, 1.54) is 55.3 Å². The summed E-state index contributed by atoms with van der Waals surface area (Å²) in [5.41, 5.74) is 15.3. The number of benzene rings is 8. The van der Waals surface area contributed by atoms with E-state index in [-0.39, 0.29) is 5.41 Å². The minimum absolute atomic E-state index is 0.0860. The van der Waals surface area contributed by atoms with Gasteiger partial charge in [-0.2, -0.15) is 0 Å². The number of rotatable bonds is 5. The molecule has 1 aliphatic rings. The van der Waals surface area contributed by atoms with E-state index in [1.54, 1.807) is 0 Å². The number of anilines is 3. The van der Waals surface area contributed by atoms with E-state index in [0.29, 0.717) is 0 Å². The average molecular weight is 654 g/mol. The van der Waals surface area contributed by atoms with E-state index in [2.05, 4.69) is 183 Å². The summed E-state index contributed by atoms with van der Waals surface area (Å²) < 4.78 is 6.40. The van der Waals surface area contributed by atoms with E-state index in [9.17, 15) is 0 Å². The van der Waals surface area contributed by atoms with E-state index in [0.717, 1.165) is 39.0 Å². The molecule has 0 unspecified atom stereocenters. The quantitative estimate of drug-likeness (QED) is 0.184. The van der Waals surface area contributed by atoms with Gasteiger partial charge in [0.25, 0.3) is 0 Å². The molecule has 242 valence electrons. The van der Waals surface area contributed by atoms with Crippen LogP contribution in [0, 0.1) is 0 Å². The van der Waals surface area contributed by atoms with Gasteiger partial charge in [-0.05, 0) is 97.7 Å². The first kappa shape index (κ1) is 29.5. The van der Waals surface area contributed by atoms with Gasteiger partial charge in [-0.3, -0.25) is 0 Å². The summed E-state index contributed by atoms with van der Waals surface area (Å²) in [4.78, 5) is 2.35. The second-order valence-corrected chi connectivity index (χ2v) is 14.1. The Morgan fingerprint density at radius 2 is 1.04 bits per heavy atom. The molecular weight excluding hydrogens is 619 g/mol. The van der Waals surface area contributed by atoms with E-state index < -0.39 is 0 Å². The van der Waals surface area contributed by atoms with Crippen molar-refractivity contribution in [2.24, 2.45) is 0 Å². The third kappa shape index (κ3) is 4.64. The molecule has 0 amide bonds. The van der Waals surface area contributed by atoms with Crippen LogP contribution in [0.15, 0.2) is 180 Å². The summed E-state index contributed by atoms with van der Waals surface area (Å²) in [7, 11) is 0. The average Bonchev–Trinajstić information content (AvgIpc) is 3.67. The van der Waals surface area contributed by atoms with Crippen molar-refractivity contribution in [2.75, 3.05) is 4.90 Å². The Morgan fingerprint density at radius 1 is 0.412 bits per heavy atom. The van der Waals surface area contributed by atoms with Gasteiger partial charge in [0, 0.05) is 39.3 Å². The van der Waals surface area contributed by atoms with Crippen LogP contribution in [-0.2, 0) is 5.41 Å². The van der Waals surface area contributed by atoms with Gasteiger partial charge >= 0.3 is 0 Å². The molecular formula is C49H35NO. The van der Waals surface area contributed by atoms with Crippen LogP contribution in [0.5, 0.6) is 0 Å². The summed E-state index contributed by atoms with van der Waals surface area (Å²) in [6.07, 6.45) is 0. The molecule has 0 N–H and O–H groups in total. The van der Waals surface area contributed by atoms with Gasteiger partial charge in [0.2, 0.25) is 0 Å². The van der Waals surface area contributed by atoms with Gasteiger partial charge in [0.1, 0.15) is 11.2 Å². The van der Waals surface area contributed by atoms with E-state index in [1.807, 2.05) is 12.1 Å². The minimum atomic E-state index is -0.0860. The van der Waals surface area contributed by atoms with Crippen molar-refractivity contribution in [3.05, 3.63) is 187 Å². The van der Waals surface area contributed by atoms with Crippen molar-refractivity contribution in [1.29, 1.82) is 0 Å². The van der Waals surface area contributed by atoms with E-state index in [4.69, 9.17) is 4.42 Å². The topological polar surface area (TPSA) is 16.4 Å². The SMILES string of the molecule is CC1(C)c2ccccc2-c2cccc(-c3ccc(N(c4cccc(-c5cccc6ccccc56)c4)c4ccc5c(c4)oc4ccccc45)cc3)c21. The fourth-order valence-corrected chi connectivity index (χ4v) is 8.47. The zero-order chi connectivity index (χ0) is 34.1. The number of para-hydroxylation sites is 1. The van der Waals surface area contributed by atoms with Gasteiger partial charge in [0.05, 0.1) is 0 Å². The number of nitrogens with zero attached hydrogens (tertiary/aromatic N) is 1. The summed E-state index contributed by atoms with van der Waals surface area (Å²) in [6, 6.07) is 63.6. The molecule has 2 nitrogen and oxygen atoms in total. The Bertz CT molecular complexity index is 2780. The van der Waals surface area contributed by atoms with E-state index >= 15 is 0 Å². The van der Waals surface area contributed by atoms with Gasteiger partial charge in [-0.25, -0.2) is 0 Å². The highest BCUT2D eigenvalue weighted by atomic mass is 16.3. The van der Waals surface area contributed by atoms with Gasteiger partial charge in [-0.1, -0.05) is 141 Å². The van der Waals surface area contributed by atoms with Crippen LogP contribution in [0.4, 0.5) is 17.1 Å². The molecule has 0 spiro atoms. The lowest BCUT2D eigenvalue weighted by Gasteiger charge is -2.27.